The lowest BCUT2D eigenvalue weighted by atomic mass is 10.1. The summed E-state index contributed by atoms with van der Waals surface area (Å²) in [6.45, 7) is 0. The highest BCUT2D eigenvalue weighted by Gasteiger charge is 2.16. The van der Waals surface area contributed by atoms with E-state index in [1.807, 2.05) is 12.1 Å². The maximum absolute atomic E-state index is 12.7. The van der Waals surface area contributed by atoms with Crippen molar-refractivity contribution in [1.82, 2.24) is 4.98 Å². The second-order valence-corrected chi connectivity index (χ2v) is 8.57. The molecule has 10 heteroatoms. The topological polar surface area (TPSA) is 111 Å². The van der Waals surface area contributed by atoms with Gasteiger partial charge in [-0.1, -0.05) is 39.7 Å². The number of carbonyl (C=O) groups excluding carboxylic acids is 1. The second-order valence-electron chi connectivity index (χ2n) is 7.25. The zero-order valence-corrected chi connectivity index (χ0v) is 19.5. The lowest BCUT2D eigenvalue weighted by Crippen LogP contribution is -2.10. The van der Waals surface area contributed by atoms with Crippen molar-refractivity contribution in [3.63, 3.8) is 0 Å². The molecule has 0 saturated carbocycles. The minimum absolute atomic E-state index is 0.0587. The SMILES string of the molecule is O=C(Nc1ccc2oc(-c3cc(Br)ccc3Cl)nc2c1)c1ccc(-c2cccc([N+](=O)[O-])c2)o1. The quantitative estimate of drug-likeness (QED) is 0.185. The van der Waals surface area contributed by atoms with Crippen LogP contribution in [-0.2, 0) is 0 Å². The maximum atomic E-state index is 12.7. The van der Waals surface area contributed by atoms with E-state index in [9.17, 15) is 14.9 Å². The van der Waals surface area contributed by atoms with Crippen molar-refractivity contribution >= 4 is 55.9 Å². The zero-order chi connectivity index (χ0) is 23.8. The number of nitro benzene ring substituents is 1. The fourth-order valence-electron chi connectivity index (χ4n) is 3.36. The van der Waals surface area contributed by atoms with Crippen molar-refractivity contribution in [3.8, 4) is 22.8 Å². The lowest BCUT2D eigenvalue weighted by molar-refractivity contribution is -0.384. The van der Waals surface area contributed by atoms with Crippen molar-refractivity contribution < 1.29 is 18.6 Å². The van der Waals surface area contributed by atoms with Crippen molar-refractivity contribution in [3.05, 3.63) is 98.2 Å². The van der Waals surface area contributed by atoms with Gasteiger partial charge in [0.15, 0.2) is 11.3 Å². The summed E-state index contributed by atoms with van der Waals surface area (Å²) >= 11 is 9.69. The van der Waals surface area contributed by atoms with E-state index in [2.05, 4.69) is 26.2 Å². The van der Waals surface area contributed by atoms with Crippen LogP contribution in [0.5, 0.6) is 0 Å². The summed E-state index contributed by atoms with van der Waals surface area (Å²) in [5.74, 6) is 0.284. The van der Waals surface area contributed by atoms with Gasteiger partial charge in [0.1, 0.15) is 11.3 Å². The fraction of sp³-hybridized carbons (Fsp3) is 0. The minimum atomic E-state index is -0.490. The average molecular weight is 539 g/mol. The summed E-state index contributed by atoms with van der Waals surface area (Å²) in [6, 6.07) is 19.5. The van der Waals surface area contributed by atoms with Gasteiger partial charge in [0.25, 0.3) is 11.6 Å². The van der Waals surface area contributed by atoms with Gasteiger partial charge in [0.2, 0.25) is 5.89 Å². The molecular weight excluding hydrogens is 526 g/mol. The van der Waals surface area contributed by atoms with Crippen LogP contribution in [0.1, 0.15) is 10.6 Å². The van der Waals surface area contributed by atoms with E-state index in [-0.39, 0.29) is 11.4 Å². The number of non-ortho nitro benzene ring substituents is 1. The predicted octanol–water partition coefficient (Wildman–Crippen LogP) is 7.33. The smallest absolute Gasteiger partial charge is 0.291 e. The Morgan fingerprint density at radius 3 is 2.71 bits per heavy atom. The summed E-state index contributed by atoms with van der Waals surface area (Å²) in [5.41, 5.74) is 2.64. The van der Waals surface area contributed by atoms with Crippen molar-refractivity contribution in [2.45, 2.75) is 0 Å². The van der Waals surface area contributed by atoms with E-state index in [0.717, 1.165) is 4.47 Å². The van der Waals surface area contributed by atoms with Gasteiger partial charge in [-0.05, 0) is 48.5 Å². The van der Waals surface area contributed by atoms with E-state index in [1.54, 1.807) is 42.5 Å². The number of aromatic nitrogens is 1. The summed E-state index contributed by atoms with van der Waals surface area (Å²) in [6.07, 6.45) is 0. The van der Waals surface area contributed by atoms with Crippen LogP contribution >= 0.6 is 27.5 Å². The van der Waals surface area contributed by atoms with Gasteiger partial charge in [0, 0.05) is 27.9 Å². The molecule has 168 valence electrons. The van der Waals surface area contributed by atoms with E-state index in [1.165, 1.54) is 18.2 Å². The van der Waals surface area contributed by atoms with Crippen LogP contribution < -0.4 is 5.32 Å². The molecule has 3 aromatic carbocycles. The third-order valence-corrected chi connectivity index (χ3v) is 5.80. The Labute approximate surface area is 205 Å². The molecule has 0 spiro atoms. The molecule has 5 rings (SSSR count). The molecule has 2 aromatic heterocycles. The fourth-order valence-corrected chi connectivity index (χ4v) is 3.92. The van der Waals surface area contributed by atoms with Gasteiger partial charge in [0.05, 0.1) is 15.5 Å². The number of nitrogens with zero attached hydrogens (tertiary/aromatic N) is 2. The van der Waals surface area contributed by atoms with Gasteiger partial charge >= 0.3 is 0 Å². The highest BCUT2D eigenvalue weighted by molar-refractivity contribution is 9.10. The summed E-state index contributed by atoms with van der Waals surface area (Å²) in [4.78, 5) is 27.7. The van der Waals surface area contributed by atoms with Crippen LogP contribution in [0.15, 0.2) is 86.1 Å². The first-order valence-corrected chi connectivity index (χ1v) is 11.1. The number of rotatable bonds is 5. The van der Waals surface area contributed by atoms with Crippen molar-refractivity contribution in [1.29, 1.82) is 0 Å². The number of oxazole rings is 1. The van der Waals surface area contributed by atoms with E-state index in [0.29, 0.717) is 44.6 Å². The van der Waals surface area contributed by atoms with E-state index < -0.39 is 10.8 Å². The molecule has 0 aliphatic heterocycles. The van der Waals surface area contributed by atoms with Gasteiger partial charge < -0.3 is 14.2 Å². The Bertz CT molecular complexity index is 1580. The number of nitro groups is 1. The first kappa shape index (κ1) is 21.9. The molecule has 34 heavy (non-hydrogen) atoms. The maximum Gasteiger partial charge on any atom is 0.291 e. The minimum Gasteiger partial charge on any atom is -0.451 e. The number of amides is 1. The molecule has 0 saturated heterocycles. The number of carbonyl (C=O) groups is 1. The number of halogens is 2. The first-order chi connectivity index (χ1) is 16.4. The summed E-state index contributed by atoms with van der Waals surface area (Å²) < 4.78 is 12.3. The largest absolute Gasteiger partial charge is 0.451 e. The highest BCUT2D eigenvalue weighted by Crippen LogP contribution is 2.33. The number of nitrogens with one attached hydrogen (secondary N) is 1. The van der Waals surface area contributed by atoms with E-state index in [4.69, 9.17) is 20.4 Å². The molecule has 0 aliphatic rings. The van der Waals surface area contributed by atoms with Crippen LogP contribution in [0.2, 0.25) is 5.02 Å². The number of hydrogen-bond acceptors (Lipinski definition) is 6. The Morgan fingerprint density at radius 1 is 1.03 bits per heavy atom. The average Bonchev–Trinajstić information content (AvgIpc) is 3.48. The Morgan fingerprint density at radius 2 is 1.88 bits per heavy atom. The normalized spacial score (nSPS) is 11.0. The molecule has 1 amide bonds. The Kier molecular flexibility index (Phi) is 5.64. The number of anilines is 1. The molecule has 0 radical (unpaired) electrons. The lowest BCUT2D eigenvalue weighted by Gasteiger charge is -2.02. The van der Waals surface area contributed by atoms with Crippen molar-refractivity contribution in [2.75, 3.05) is 5.32 Å². The molecule has 0 atom stereocenters. The molecular formula is C24H13BrClN3O5. The molecule has 0 fully saturated rings. The van der Waals surface area contributed by atoms with Crippen LogP contribution in [-0.4, -0.2) is 15.8 Å². The summed E-state index contributed by atoms with van der Waals surface area (Å²) in [5, 5.41) is 14.3. The van der Waals surface area contributed by atoms with Gasteiger partial charge in [-0.3, -0.25) is 14.9 Å². The molecule has 1 N–H and O–H groups in total. The van der Waals surface area contributed by atoms with Crippen LogP contribution in [0, 0.1) is 10.1 Å². The van der Waals surface area contributed by atoms with Gasteiger partial charge in [-0.15, -0.1) is 0 Å². The van der Waals surface area contributed by atoms with Crippen LogP contribution in [0.4, 0.5) is 11.4 Å². The molecule has 8 nitrogen and oxygen atoms in total. The van der Waals surface area contributed by atoms with Gasteiger partial charge in [-0.25, -0.2) is 4.98 Å². The zero-order valence-electron chi connectivity index (χ0n) is 17.1. The number of benzene rings is 3. The molecule has 0 unspecified atom stereocenters. The number of fused-ring (bicyclic) bond motifs is 1. The third-order valence-electron chi connectivity index (χ3n) is 4.98. The highest BCUT2D eigenvalue weighted by atomic mass is 79.9. The predicted molar refractivity (Wildman–Crippen MR) is 131 cm³/mol. The standard InChI is InChI=1S/C24H13BrClN3O5/c25-14-4-6-18(26)17(11-14)24-28-19-12-15(5-7-21(19)34-24)27-23(30)22-9-8-20(33-22)13-2-1-3-16(10-13)29(31)32/h1-12H,(H,27,30). The molecule has 0 aliphatic carbocycles. The third kappa shape index (κ3) is 4.30. The van der Waals surface area contributed by atoms with E-state index >= 15 is 0 Å². The number of furan rings is 1. The number of hydrogen-bond donors (Lipinski definition) is 1. The van der Waals surface area contributed by atoms with Crippen LogP contribution in [0.3, 0.4) is 0 Å². The molecule has 0 bridgehead atoms. The monoisotopic (exact) mass is 537 g/mol. The second kappa shape index (κ2) is 8.77. The van der Waals surface area contributed by atoms with Crippen LogP contribution in [0.25, 0.3) is 33.9 Å². The Balaban J connectivity index is 1.37. The molecule has 2 heterocycles. The first-order valence-electron chi connectivity index (χ1n) is 9.89. The summed E-state index contributed by atoms with van der Waals surface area (Å²) in [7, 11) is 0. The van der Waals surface area contributed by atoms with Gasteiger partial charge in [-0.2, -0.15) is 0 Å². The Hall–Kier alpha value is -3.95. The van der Waals surface area contributed by atoms with Crippen molar-refractivity contribution in [2.24, 2.45) is 0 Å². The molecule has 5 aromatic rings.